The Morgan fingerprint density at radius 1 is 1.20 bits per heavy atom. The van der Waals surface area contributed by atoms with Gasteiger partial charge < -0.3 is 4.74 Å². The Hall–Kier alpha value is -1.89. The average molecular weight is 341 g/mol. The van der Waals surface area contributed by atoms with Crippen molar-refractivity contribution in [1.29, 1.82) is 0 Å². The third-order valence-electron chi connectivity index (χ3n) is 2.69. The van der Waals surface area contributed by atoms with Crippen LogP contribution in [0.1, 0.15) is 23.2 Å². The quantitative estimate of drug-likeness (QED) is 0.636. The van der Waals surface area contributed by atoms with Gasteiger partial charge in [0.1, 0.15) is 0 Å². The van der Waals surface area contributed by atoms with Crippen LogP contribution in [0.5, 0.6) is 0 Å². The van der Waals surface area contributed by atoms with Crippen molar-refractivity contribution in [2.24, 2.45) is 5.92 Å². The van der Waals surface area contributed by atoms with Gasteiger partial charge in [-0.3, -0.25) is 25.2 Å². The summed E-state index contributed by atoms with van der Waals surface area (Å²) in [6.07, 6.45) is 1.64. The zero-order chi connectivity index (χ0) is 14.5. The van der Waals surface area contributed by atoms with Gasteiger partial charge in [0.2, 0.25) is 0 Å². The van der Waals surface area contributed by atoms with Gasteiger partial charge in [-0.15, -0.1) is 0 Å². The van der Waals surface area contributed by atoms with Crippen LogP contribution in [-0.2, 0) is 14.3 Å². The summed E-state index contributed by atoms with van der Waals surface area (Å²) in [5, 5.41) is 0. The fourth-order valence-electron chi connectivity index (χ4n) is 1.45. The number of hydrazine groups is 1. The van der Waals surface area contributed by atoms with Crippen molar-refractivity contribution >= 4 is 33.7 Å². The van der Waals surface area contributed by atoms with E-state index in [2.05, 4.69) is 26.8 Å². The van der Waals surface area contributed by atoms with Gasteiger partial charge in [-0.25, -0.2) is 0 Å². The van der Waals surface area contributed by atoms with Gasteiger partial charge in [0, 0.05) is 4.47 Å². The first-order valence-corrected chi connectivity index (χ1v) is 6.87. The van der Waals surface area contributed by atoms with Crippen LogP contribution in [0.4, 0.5) is 0 Å². The molecule has 7 heteroatoms. The molecule has 1 aromatic rings. The molecule has 0 unspecified atom stereocenters. The van der Waals surface area contributed by atoms with Crippen LogP contribution in [-0.4, -0.2) is 24.4 Å². The highest BCUT2D eigenvalue weighted by atomic mass is 79.9. The first kappa shape index (κ1) is 14.5. The van der Waals surface area contributed by atoms with Crippen LogP contribution in [0.2, 0.25) is 0 Å². The molecule has 106 valence electrons. The van der Waals surface area contributed by atoms with Gasteiger partial charge in [-0.1, -0.05) is 12.1 Å². The molecule has 2 amide bonds. The van der Waals surface area contributed by atoms with Gasteiger partial charge in [-0.05, 0) is 40.9 Å². The Kier molecular flexibility index (Phi) is 4.73. The van der Waals surface area contributed by atoms with E-state index in [9.17, 15) is 14.4 Å². The van der Waals surface area contributed by atoms with E-state index < -0.39 is 18.4 Å². The van der Waals surface area contributed by atoms with Gasteiger partial charge in [-0.2, -0.15) is 0 Å². The molecule has 0 aromatic heterocycles. The Balaban J connectivity index is 1.74. The third kappa shape index (κ3) is 4.06. The second-order valence-electron chi connectivity index (χ2n) is 4.36. The van der Waals surface area contributed by atoms with Gasteiger partial charge in [0.05, 0.1) is 11.5 Å². The van der Waals surface area contributed by atoms with Crippen molar-refractivity contribution in [3.63, 3.8) is 0 Å². The predicted octanol–water partition coefficient (Wildman–Crippen LogP) is 1.16. The van der Waals surface area contributed by atoms with E-state index >= 15 is 0 Å². The molecule has 0 heterocycles. The highest BCUT2D eigenvalue weighted by molar-refractivity contribution is 9.10. The van der Waals surface area contributed by atoms with Crippen LogP contribution in [0.15, 0.2) is 28.7 Å². The standard InChI is InChI=1S/C13H13BrN2O4/c14-10-4-2-1-3-9(10)12(18)16-15-11(17)7-20-13(19)8-5-6-8/h1-4,8H,5-7H2,(H,15,17)(H,16,18). The molecular formula is C13H13BrN2O4. The van der Waals surface area contributed by atoms with E-state index in [-0.39, 0.29) is 11.9 Å². The van der Waals surface area contributed by atoms with Crippen molar-refractivity contribution in [1.82, 2.24) is 10.9 Å². The molecule has 1 fully saturated rings. The van der Waals surface area contributed by atoms with E-state index in [1.54, 1.807) is 24.3 Å². The number of esters is 1. The van der Waals surface area contributed by atoms with E-state index in [0.717, 1.165) is 12.8 Å². The van der Waals surface area contributed by atoms with Crippen molar-refractivity contribution in [2.45, 2.75) is 12.8 Å². The fourth-order valence-corrected chi connectivity index (χ4v) is 1.91. The molecule has 1 aliphatic carbocycles. The lowest BCUT2D eigenvalue weighted by Crippen LogP contribution is -2.43. The predicted molar refractivity (Wildman–Crippen MR) is 73.4 cm³/mol. The monoisotopic (exact) mass is 340 g/mol. The lowest BCUT2D eigenvalue weighted by atomic mass is 10.2. The number of hydrogen-bond donors (Lipinski definition) is 2. The molecule has 1 aromatic carbocycles. The molecule has 2 N–H and O–H groups in total. The topological polar surface area (TPSA) is 84.5 Å². The molecule has 0 saturated heterocycles. The number of carbonyl (C=O) groups is 3. The Bertz CT molecular complexity index is 543. The fraction of sp³-hybridized carbons (Fsp3) is 0.308. The number of amides is 2. The summed E-state index contributed by atoms with van der Waals surface area (Å²) in [5.74, 6) is -1.46. The van der Waals surface area contributed by atoms with Crippen molar-refractivity contribution < 1.29 is 19.1 Å². The summed E-state index contributed by atoms with van der Waals surface area (Å²) in [4.78, 5) is 34.4. The summed E-state index contributed by atoms with van der Waals surface area (Å²) in [5.41, 5.74) is 4.83. The number of hydrogen-bond acceptors (Lipinski definition) is 4. The van der Waals surface area contributed by atoms with Crippen LogP contribution in [0.3, 0.4) is 0 Å². The second-order valence-corrected chi connectivity index (χ2v) is 5.22. The molecule has 0 radical (unpaired) electrons. The van der Waals surface area contributed by atoms with Crippen LogP contribution >= 0.6 is 15.9 Å². The number of carbonyl (C=O) groups excluding carboxylic acids is 3. The SMILES string of the molecule is O=C(COC(=O)C1CC1)NNC(=O)c1ccccc1Br. The molecular weight excluding hydrogens is 328 g/mol. The van der Waals surface area contributed by atoms with Crippen molar-refractivity contribution in [2.75, 3.05) is 6.61 Å². The summed E-state index contributed by atoms with van der Waals surface area (Å²) < 4.78 is 5.40. The minimum absolute atomic E-state index is 0.0577. The molecule has 0 bridgehead atoms. The van der Waals surface area contributed by atoms with Gasteiger partial charge in [0.25, 0.3) is 11.8 Å². The average Bonchev–Trinajstić information content (AvgIpc) is 3.27. The number of ether oxygens (including phenoxy) is 1. The normalized spacial score (nSPS) is 13.4. The van der Waals surface area contributed by atoms with E-state index in [1.165, 1.54) is 0 Å². The van der Waals surface area contributed by atoms with Crippen LogP contribution < -0.4 is 10.9 Å². The second kappa shape index (κ2) is 6.51. The van der Waals surface area contributed by atoms with Crippen LogP contribution in [0, 0.1) is 5.92 Å². The third-order valence-corrected chi connectivity index (χ3v) is 3.38. The maximum absolute atomic E-state index is 11.8. The molecule has 6 nitrogen and oxygen atoms in total. The molecule has 0 atom stereocenters. The van der Waals surface area contributed by atoms with E-state index in [4.69, 9.17) is 4.74 Å². The lowest BCUT2D eigenvalue weighted by Gasteiger charge is -2.08. The molecule has 0 aliphatic heterocycles. The number of rotatable bonds is 4. The minimum atomic E-state index is -0.584. The lowest BCUT2D eigenvalue weighted by molar-refractivity contribution is -0.149. The summed E-state index contributed by atoms with van der Waals surface area (Å²) >= 11 is 3.23. The first-order valence-electron chi connectivity index (χ1n) is 6.08. The number of nitrogens with one attached hydrogen (secondary N) is 2. The molecule has 1 saturated carbocycles. The largest absolute Gasteiger partial charge is 0.455 e. The smallest absolute Gasteiger partial charge is 0.309 e. The zero-order valence-electron chi connectivity index (χ0n) is 10.5. The minimum Gasteiger partial charge on any atom is -0.455 e. The highest BCUT2D eigenvalue weighted by Gasteiger charge is 2.31. The van der Waals surface area contributed by atoms with Gasteiger partial charge in [0.15, 0.2) is 6.61 Å². The summed E-state index contributed by atoms with van der Waals surface area (Å²) in [7, 11) is 0. The maximum atomic E-state index is 11.8. The Morgan fingerprint density at radius 2 is 1.90 bits per heavy atom. The highest BCUT2D eigenvalue weighted by Crippen LogP contribution is 2.29. The Morgan fingerprint density at radius 3 is 2.55 bits per heavy atom. The molecule has 2 rings (SSSR count). The summed E-state index contributed by atoms with van der Waals surface area (Å²) in [6.45, 7) is -0.397. The number of benzene rings is 1. The molecule has 20 heavy (non-hydrogen) atoms. The Labute approximate surface area is 124 Å². The van der Waals surface area contributed by atoms with E-state index in [1.807, 2.05) is 0 Å². The zero-order valence-corrected chi connectivity index (χ0v) is 12.1. The number of halogens is 1. The summed E-state index contributed by atoms with van der Waals surface area (Å²) in [6, 6.07) is 6.81. The molecule has 1 aliphatic rings. The van der Waals surface area contributed by atoms with Crippen LogP contribution in [0.25, 0.3) is 0 Å². The first-order chi connectivity index (χ1) is 9.58. The molecule has 0 spiro atoms. The van der Waals surface area contributed by atoms with Crippen molar-refractivity contribution in [3.05, 3.63) is 34.3 Å². The van der Waals surface area contributed by atoms with Gasteiger partial charge >= 0.3 is 5.97 Å². The van der Waals surface area contributed by atoms with Crippen molar-refractivity contribution in [3.8, 4) is 0 Å². The maximum Gasteiger partial charge on any atom is 0.309 e. The van der Waals surface area contributed by atoms with E-state index in [0.29, 0.717) is 10.0 Å².